The molecule has 0 aliphatic heterocycles. The van der Waals surface area contributed by atoms with Crippen molar-refractivity contribution in [2.45, 2.75) is 24.9 Å². The molecule has 1 atom stereocenters. The van der Waals surface area contributed by atoms with Gasteiger partial charge in [0.05, 0.1) is 27.5 Å². The maximum atomic E-state index is 13.6. The highest BCUT2D eigenvalue weighted by Gasteiger charge is 2.36. The van der Waals surface area contributed by atoms with Crippen molar-refractivity contribution in [2.75, 3.05) is 24.7 Å². The molecular formula is C23H23F4N5O3S. The SMILES string of the molecule is Cc1nc(F)ccc1Oc1ncc(C(F)(F)F)c(C)c1C(=O)Nc1cccc([S@@](C)(=O)=NCCN)c1. The molecule has 3 aromatic rings. The molecule has 2 heterocycles. The van der Waals surface area contributed by atoms with Crippen molar-refractivity contribution in [3.8, 4) is 11.6 Å². The number of aromatic nitrogens is 2. The van der Waals surface area contributed by atoms with Gasteiger partial charge < -0.3 is 15.8 Å². The van der Waals surface area contributed by atoms with Gasteiger partial charge in [0.25, 0.3) is 5.91 Å². The first-order valence-electron chi connectivity index (χ1n) is 10.5. The average molecular weight is 526 g/mol. The third-order valence-corrected chi connectivity index (χ3v) is 6.85. The van der Waals surface area contributed by atoms with Crippen molar-refractivity contribution in [3.63, 3.8) is 0 Å². The van der Waals surface area contributed by atoms with Crippen LogP contribution in [0.1, 0.15) is 27.2 Å². The summed E-state index contributed by atoms with van der Waals surface area (Å²) in [5.41, 5.74) is 3.66. The van der Waals surface area contributed by atoms with Crippen LogP contribution in [0, 0.1) is 19.8 Å². The van der Waals surface area contributed by atoms with Crippen LogP contribution in [0.15, 0.2) is 51.9 Å². The summed E-state index contributed by atoms with van der Waals surface area (Å²) in [6, 6.07) is 8.18. The number of benzene rings is 1. The number of carbonyl (C=O) groups is 1. The number of ether oxygens (including phenoxy) is 1. The monoisotopic (exact) mass is 525 g/mol. The molecule has 1 amide bonds. The van der Waals surface area contributed by atoms with Crippen molar-refractivity contribution in [2.24, 2.45) is 10.1 Å². The van der Waals surface area contributed by atoms with E-state index in [1.54, 1.807) is 6.07 Å². The fourth-order valence-electron chi connectivity index (χ4n) is 3.24. The van der Waals surface area contributed by atoms with Gasteiger partial charge in [-0.05, 0) is 49.7 Å². The molecule has 192 valence electrons. The number of nitrogens with zero attached hydrogens (tertiary/aromatic N) is 3. The zero-order valence-electron chi connectivity index (χ0n) is 19.5. The topological polar surface area (TPSA) is 120 Å². The van der Waals surface area contributed by atoms with Crippen LogP contribution < -0.4 is 15.8 Å². The molecule has 0 fully saturated rings. The Bertz CT molecular complexity index is 1420. The molecule has 0 unspecified atom stereocenters. The van der Waals surface area contributed by atoms with Gasteiger partial charge in [0, 0.05) is 29.6 Å². The number of carbonyl (C=O) groups excluding carboxylic acids is 1. The van der Waals surface area contributed by atoms with Crippen LogP contribution in [0.5, 0.6) is 11.6 Å². The van der Waals surface area contributed by atoms with E-state index >= 15 is 0 Å². The van der Waals surface area contributed by atoms with Gasteiger partial charge in [-0.15, -0.1) is 0 Å². The molecule has 0 saturated carbocycles. The molecule has 3 N–H and O–H groups in total. The molecule has 13 heteroatoms. The van der Waals surface area contributed by atoms with E-state index in [4.69, 9.17) is 10.5 Å². The number of halogens is 4. The van der Waals surface area contributed by atoms with Crippen LogP contribution in [0.4, 0.5) is 23.2 Å². The van der Waals surface area contributed by atoms with Gasteiger partial charge in [-0.2, -0.15) is 17.6 Å². The van der Waals surface area contributed by atoms with Gasteiger partial charge in [-0.3, -0.25) is 4.79 Å². The summed E-state index contributed by atoms with van der Waals surface area (Å²) in [7, 11) is -2.82. The maximum Gasteiger partial charge on any atom is 0.418 e. The van der Waals surface area contributed by atoms with Crippen molar-refractivity contribution < 1.29 is 31.3 Å². The zero-order valence-corrected chi connectivity index (χ0v) is 20.3. The van der Waals surface area contributed by atoms with Gasteiger partial charge in [0.2, 0.25) is 11.8 Å². The van der Waals surface area contributed by atoms with Gasteiger partial charge in [0.15, 0.2) is 5.75 Å². The Hall–Kier alpha value is -3.58. The summed E-state index contributed by atoms with van der Waals surface area (Å²) < 4.78 is 76.5. The van der Waals surface area contributed by atoms with Crippen molar-refractivity contribution in [1.82, 2.24) is 9.97 Å². The molecular weight excluding hydrogens is 502 g/mol. The van der Waals surface area contributed by atoms with E-state index in [1.807, 2.05) is 0 Å². The molecule has 36 heavy (non-hydrogen) atoms. The Morgan fingerprint density at radius 1 is 1.22 bits per heavy atom. The highest BCUT2D eigenvalue weighted by molar-refractivity contribution is 7.93. The number of aryl methyl sites for hydroxylation is 1. The number of alkyl halides is 3. The second kappa shape index (κ2) is 10.6. The predicted octanol–water partition coefficient (Wildman–Crippen LogP) is 4.71. The van der Waals surface area contributed by atoms with Crippen LogP contribution in [0.3, 0.4) is 0 Å². The molecule has 2 aromatic heterocycles. The van der Waals surface area contributed by atoms with E-state index in [-0.39, 0.29) is 30.2 Å². The van der Waals surface area contributed by atoms with Crippen LogP contribution in [-0.2, 0) is 15.9 Å². The summed E-state index contributed by atoms with van der Waals surface area (Å²) in [5, 5.41) is 2.50. The quantitative estimate of drug-likeness (QED) is 0.341. The predicted molar refractivity (Wildman–Crippen MR) is 126 cm³/mol. The van der Waals surface area contributed by atoms with E-state index in [9.17, 15) is 26.6 Å². The minimum Gasteiger partial charge on any atom is -0.436 e. The molecule has 0 radical (unpaired) electrons. The zero-order chi connectivity index (χ0) is 26.7. The van der Waals surface area contributed by atoms with E-state index in [1.165, 1.54) is 37.4 Å². The summed E-state index contributed by atoms with van der Waals surface area (Å²) in [6.45, 7) is 2.91. The molecule has 0 aliphatic carbocycles. The second-order valence-electron chi connectivity index (χ2n) is 7.72. The second-order valence-corrected chi connectivity index (χ2v) is 10.1. The Morgan fingerprint density at radius 2 is 1.94 bits per heavy atom. The van der Waals surface area contributed by atoms with Crippen molar-refractivity contribution >= 4 is 21.3 Å². The first-order valence-corrected chi connectivity index (χ1v) is 12.4. The number of nitrogens with one attached hydrogen (secondary N) is 1. The molecule has 8 nitrogen and oxygen atoms in total. The maximum absolute atomic E-state index is 13.6. The average Bonchev–Trinajstić information content (AvgIpc) is 2.79. The molecule has 0 bridgehead atoms. The number of amides is 1. The van der Waals surface area contributed by atoms with Gasteiger partial charge in [0.1, 0.15) is 5.56 Å². The Kier molecular flexibility index (Phi) is 7.94. The standard InChI is InChI=1S/C23H23F4N5O3S/c1-13-17(23(25,26)27)12-29-22(35-18-7-8-19(24)31-14(18)2)20(13)21(33)32-15-5-4-6-16(11-15)36(3,34)30-10-9-28/h4-8,11-12H,9-10,28H2,1-3H3,(H,32,33)/t36-/m1/s1. The summed E-state index contributed by atoms with van der Waals surface area (Å²) in [5.74, 6) is -2.15. The fourth-order valence-corrected chi connectivity index (χ4v) is 4.52. The molecule has 1 aromatic carbocycles. The smallest absolute Gasteiger partial charge is 0.418 e. The van der Waals surface area contributed by atoms with Gasteiger partial charge in [-0.1, -0.05) is 6.07 Å². The van der Waals surface area contributed by atoms with Crippen molar-refractivity contribution in [3.05, 3.63) is 70.9 Å². The number of hydrogen-bond donors (Lipinski definition) is 2. The lowest BCUT2D eigenvalue weighted by Crippen LogP contribution is -2.19. The lowest BCUT2D eigenvalue weighted by atomic mass is 10.0. The molecule has 0 spiro atoms. The van der Waals surface area contributed by atoms with Crippen molar-refractivity contribution in [1.29, 1.82) is 0 Å². The normalized spacial score (nSPS) is 13.1. The molecule has 0 saturated heterocycles. The first kappa shape index (κ1) is 27.0. The third kappa shape index (κ3) is 6.15. The minimum atomic E-state index is -4.78. The lowest BCUT2D eigenvalue weighted by molar-refractivity contribution is -0.138. The number of pyridine rings is 2. The Morgan fingerprint density at radius 3 is 2.58 bits per heavy atom. The highest BCUT2D eigenvalue weighted by Crippen LogP contribution is 2.37. The van der Waals surface area contributed by atoms with Crippen LogP contribution in [0.25, 0.3) is 0 Å². The Labute approximate surface area is 205 Å². The lowest BCUT2D eigenvalue weighted by Gasteiger charge is -2.17. The van der Waals surface area contributed by atoms with E-state index in [0.717, 1.165) is 13.0 Å². The fraction of sp³-hybridized carbons (Fsp3) is 0.261. The number of hydrogen-bond acceptors (Lipinski definition) is 7. The van der Waals surface area contributed by atoms with Crippen LogP contribution in [0.2, 0.25) is 0 Å². The van der Waals surface area contributed by atoms with E-state index in [0.29, 0.717) is 11.1 Å². The largest absolute Gasteiger partial charge is 0.436 e. The molecule has 0 aliphatic rings. The van der Waals surface area contributed by atoms with E-state index in [2.05, 4.69) is 19.6 Å². The van der Waals surface area contributed by atoms with E-state index < -0.39 is 50.3 Å². The third-order valence-electron chi connectivity index (χ3n) is 5.04. The summed E-state index contributed by atoms with van der Waals surface area (Å²) >= 11 is 0. The first-order chi connectivity index (χ1) is 16.8. The number of rotatable bonds is 7. The van der Waals surface area contributed by atoms with Gasteiger partial charge >= 0.3 is 6.18 Å². The van der Waals surface area contributed by atoms with Gasteiger partial charge in [-0.25, -0.2) is 18.5 Å². The van der Waals surface area contributed by atoms with Crippen LogP contribution >= 0.6 is 0 Å². The van der Waals surface area contributed by atoms with Crippen LogP contribution in [-0.4, -0.2) is 39.4 Å². The Balaban J connectivity index is 2.05. The summed E-state index contributed by atoms with van der Waals surface area (Å²) in [6.07, 6.45) is -2.81. The number of nitrogens with two attached hydrogens (primary N) is 1. The summed E-state index contributed by atoms with van der Waals surface area (Å²) in [4.78, 5) is 20.8. The highest BCUT2D eigenvalue weighted by atomic mass is 32.2. The number of anilines is 1. The molecule has 3 rings (SSSR count). The minimum absolute atomic E-state index is 0.00587.